The van der Waals surface area contributed by atoms with Gasteiger partial charge in [0.25, 0.3) is 0 Å². The maximum atomic E-state index is 10.5. The fraction of sp³-hybridized carbons (Fsp3) is 0. The van der Waals surface area contributed by atoms with E-state index in [0.29, 0.717) is 5.56 Å². The standard InChI is InChI=1S/C10H8BrNO2/c11-9-4-7(1-2-10(12)14)3-8(5-9)6-13/h1-6H,(H2,12,14). The van der Waals surface area contributed by atoms with Crippen LogP contribution in [0.25, 0.3) is 6.08 Å². The third-order valence-corrected chi connectivity index (χ3v) is 1.98. The predicted octanol–water partition coefficient (Wildman–Crippen LogP) is 1.76. The molecule has 0 aliphatic heterocycles. The van der Waals surface area contributed by atoms with Crippen LogP contribution in [0.2, 0.25) is 0 Å². The molecule has 1 aromatic carbocycles. The van der Waals surface area contributed by atoms with Crippen LogP contribution < -0.4 is 5.73 Å². The van der Waals surface area contributed by atoms with Crippen molar-refractivity contribution < 1.29 is 9.59 Å². The molecule has 0 bridgehead atoms. The lowest BCUT2D eigenvalue weighted by atomic mass is 10.1. The second-order valence-corrected chi connectivity index (χ2v) is 3.59. The van der Waals surface area contributed by atoms with Gasteiger partial charge < -0.3 is 5.73 Å². The van der Waals surface area contributed by atoms with Gasteiger partial charge in [-0.2, -0.15) is 0 Å². The highest BCUT2D eigenvalue weighted by Gasteiger charge is 1.96. The lowest BCUT2D eigenvalue weighted by Gasteiger charge is -1.97. The second kappa shape index (κ2) is 4.72. The molecule has 0 aliphatic rings. The van der Waals surface area contributed by atoms with Gasteiger partial charge in [-0.1, -0.05) is 15.9 Å². The number of carbonyl (C=O) groups is 2. The van der Waals surface area contributed by atoms with Crippen LogP contribution in [0.1, 0.15) is 15.9 Å². The summed E-state index contributed by atoms with van der Waals surface area (Å²) in [6, 6.07) is 5.14. The molecule has 3 nitrogen and oxygen atoms in total. The zero-order valence-electron chi connectivity index (χ0n) is 7.24. The van der Waals surface area contributed by atoms with Crippen molar-refractivity contribution in [3.05, 3.63) is 39.9 Å². The molecular weight excluding hydrogens is 246 g/mol. The zero-order valence-corrected chi connectivity index (χ0v) is 8.82. The van der Waals surface area contributed by atoms with Gasteiger partial charge in [0, 0.05) is 16.1 Å². The van der Waals surface area contributed by atoms with Gasteiger partial charge >= 0.3 is 0 Å². The third-order valence-electron chi connectivity index (χ3n) is 1.52. The molecule has 0 heterocycles. The predicted molar refractivity (Wildman–Crippen MR) is 57.8 cm³/mol. The van der Waals surface area contributed by atoms with Crippen molar-refractivity contribution in [3.8, 4) is 0 Å². The van der Waals surface area contributed by atoms with Gasteiger partial charge in [0.05, 0.1) is 0 Å². The summed E-state index contributed by atoms with van der Waals surface area (Å²) in [5.41, 5.74) is 6.24. The fourth-order valence-corrected chi connectivity index (χ4v) is 1.51. The second-order valence-electron chi connectivity index (χ2n) is 2.67. The van der Waals surface area contributed by atoms with Gasteiger partial charge in [0.1, 0.15) is 6.29 Å². The first-order valence-electron chi connectivity index (χ1n) is 3.85. The molecule has 0 fully saturated rings. The number of benzene rings is 1. The maximum Gasteiger partial charge on any atom is 0.241 e. The average Bonchev–Trinajstić information content (AvgIpc) is 2.14. The van der Waals surface area contributed by atoms with Gasteiger partial charge in [-0.3, -0.25) is 9.59 Å². The molecule has 0 aromatic heterocycles. The molecule has 2 N–H and O–H groups in total. The molecular formula is C10H8BrNO2. The largest absolute Gasteiger partial charge is 0.366 e. The van der Waals surface area contributed by atoms with Gasteiger partial charge in [-0.25, -0.2) is 0 Å². The molecule has 72 valence electrons. The minimum atomic E-state index is -0.516. The number of halogens is 1. The van der Waals surface area contributed by atoms with E-state index in [4.69, 9.17) is 5.73 Å². The molecule has 0 atom stereocenters. The Morgan fingerprint density at radius 2 is 1.93 bits per heavy atom. The lowest BCUT2D eigenvalue weighted by Crippen LogP contribution is -2.05. The summed E-state index contributed by atoms with van der Waals surface area (Å²) < 4.78 is 0.784. The summed E-state index contributed by atoms with van der Waals surface area (Å²) >= 11 is 3.25. The minimum absolute atomic E-state index is 0.516. The SMILES string of the molecule is NC(=O)C=Cc1cc(Br)cc(C=O)c1. The molecule has 4 heteroatoms. The number of rotatable bonds is 3. The van der Waals surface area contributed by atoms with E-state index in [1.807, 2.05) is 0 Å². The molecule has 1 aromatic rings. The summed E-state index contributed by atoms with van der Waals surface area (Å²) in [4.78, 5) is 21.0. The minimum Gasteiger partial charge on any atom is -0.366 e. The Kier molecular flexibility index (Phi) is 3.59. The Balaban J connectivity index is 3.03. The van der Waals surface area contributed by atoms with Gasteiger partial charge in [0.2, 0.25) is 5.91 Å². The number of nitrogens with two attached hydrogens (primary N) is 1. The average molecular weight is 254 g/mol. The van der Waals surface area contributed by atoms with E-state index in [1.54, 1.807) is 24.3 Å². The molecule has 0 aliphatic carbocycles. The number of aldehydes is 1. The number of hydrogen-bond acceptors (Lipinski definition) is 2. The van der Waals surface area contributed by atoms with Crippen molar-refractivity contribution in [2.75, 3.05) is 0 Å². The monoisotopic (exact) mass is 253 g/mol. The smallest absolute Gasteiger partial charge is 0.241 e. The van der Waals surface area contributed by atoms with E-state index >= 15 is 0 Å². The summed E-state index contributed by atoms with van der Waals surface area (Å²) in [5.74, 6) is -0.516. The quantitative estimate of drug-likeness (QED) is 0.659. The summed E-state index contributed by atoms with van der Waals surface area (Å²) in [6.07, 6.45) is 3.54. The fourth-order valence-electron chi connectivity index (χ4n) is 0.979. The van der Waals surface area contributed by atoms with Crippen LogP contribution in [0, 0.1) is 0 Å². The first-order valence-corrected chi connectivity index (χ1v) is 4.64. The zero-order chi connectivity index (χ0) is 10.6. The van der Waals surface area contributed by atoms with E-state index in [9.17, 15) is 9.59 Å². The van der Waals surface area contributed by atoms with Gasteiger partial charge in [-0.05, 0) is 29.8 Å². The van der Waals surface area contributed by atoms with Crippen molar-refractivity contribution in [2.45, 2.75) is 0 Å². The highest BCUT2D eigenvalue weighted by atomic mass is 79.9. The van der Waals surface area contributed by atoms with Crippen molar-refractivity contribution in [1.82, 2.24) is 0 Å². The lowest BCUT2D eigenvalue weighted by molar-refractivity contribution is -0.113. The molecule has 0 spiro atoms. The first kappa shape index (κ1) is 10.7. The summed E-state index contributed by atoms with van der Waals surface area (Å²) in [5, 5.41) is 0. The Bertz CT molecular complexity index is 399. The number of amides is 1. The third kappa shape index (κ3) is 3.14. The van der Waals surface area contributed by atoms with E-state index in [0.717, 1.165) is 16.3 Å². The van der Waals surface area contributed by atoms with Gasteiger partial charge in [-0.15, -0.1) is 0 Å². The molecule has 0 unspecified atom stereocenters. The molecule has 0 saturated carbocycles. The van der Waals surface area contributed by atoms with Crippen LogP contribution in [0.4, 0.5) is 0 Å². The number of hydrogen-bond donors (Lipinski definition) is 1. The topological polar surface area (TPSA) is 60.2 Å². The van der Waals surface area contributed by atoms with Crippen LogP contribution >= 0.6 is 15.9 Å². The Morgan fingerprint density at radius 3 is 2.50 bits per heavy atom. The van der Waals surface area contributed by atoms with Gasteiger partial charge in [0.15, 0.2) is 0 Å². The van der Waals surface area contributed by atoms with E-state index in [1.165, 1.54) is 6.08 Å². The first-order chi connectivity index (χ1) is 6.61. The Morgan fingerprint density at radius 1 is 1.29 bits per heavy atom. The van der Waals surface area contributed by atoms with Crippen molar-refractivity contribution in [1.29, 1.82) is 0 Å². The number of primary amides is 1. The van der Waals surface area contributed by atoms with Crippen molar-refractivity contribution >= 4 is 34.2 Å². The highest BCUT2D eigenvalue weighted by Crippen LogP contribution is 2.15. The summed E-state index contributed by atoms with van der Waals surface area (Å²) in [7, 11) is 0. The molecule has 14 heavy (non-hydrogen) atoms. The van der Waals surface area contributed by atoms with E-state index in [-0.39, 0.29) is 0 Å². The van der Waals surface area contributed by atoms with Crippen molar-refractivity contribution in [2.24, 2.45) is 5.73 Å². The summed E-state index contributed by atoms with van der Waals surface area (Å²) in [6.45, 7) is 0. The molecule has 1 amide bonds. The highest BCUT2D eigenvalue weighted by molar-refractivity contribution is 9.10. The molecule has 1 rings (SSSR count). The Hall–Kier alpha value is -1.42. The molecule has 0 radical (unpaired) electrons. The van der Waals surface area contributed by atoms with Crippen LogP contribution in [-0.2, 0) is 4.79 Å². The van der Waals surface area contributed by atoms with Crippen LogP contribution in [-0.4, -0.2) is 12.2 Å². The maximum absolute atomic E-state index is 10.5. The number of carbonyl (C=O) groups excluding carboxylic acids is 2. The normalized spacial score (nSPS) is 10.4. The molecule has 0 saturated heterocycles. The Labute approximate surface area is 89.7 Å². The van der Waals surface area contributed by atoms with Crippen molar-refractivity contribution in [3.63, 3.8) is 0 Å². The van der Waals surface area contributed by atoms with Crippen LogP contribution in [0.3, 0.4) is 0 Å². The van der Waals surface area contributed by atoms with Crippen LogP contribution in [0.5, 0.6) is 0 Å². The van der Waals surface area contributed by atoms with E-state index < -0.39 is 5.91 Å². The van der Waals surface area contributed by atoms with Crippen LogP contribution in [0.15, 0.2) is 28.7 Å². The van der Waals surface area contributed by atoms with E-state index in [2.05, 4.69) is 15.9 Å².